The van der Waals surface area contributed by atoms with Crippen LogP contribution in [-0.2, 0) is 11.3 Å². The van der Waals surface area contributed by atoms with Gasteiger partial charge in [0, 0.05) is 17.7 Å². The Labute approximate surface area is 151 Å². The number of anilines is 1. The van der Waals surface area contributed by atoms with Crippen molar-refractivity contribution in [2.45, 2.75) is 25.8 Å². The van der Waals surface area contributed by atoms with Gasteiger partial charge < -0.3 is 9.73 Å². The molecule has 2 unspecified atom stereocenters. The maximum absolute atomic E-state index is 12.1. The minimum absolute atomic E-state index is 0.188. The summed E-state index contributed by atoms with van der Waals surface area (Å²) in [6.45, 7) is 2.86. The van der Waals surface area contributed by atoms with Crippen LogP contribution in [0.3, 0.4) is 0 Å². The fourth-order valence-corrected chi connectivity index (χ4v) is 2.91. The molecular formula is C20H20N4O2. The van der Waals surface area contributed by atoms with Crippen LogP contribution in [0.2, 0.25) is 0 Å². The van der Waals surface area contributed by atoms with Gasteiger partial charge in [0.15, 0.2) is 0 Å². The highest BCUT2D eigenvalue weighted by Gasteiger charge is 2.36. The highest BCUT2D eigenvalue weighted by Crippen LogP contribution is 2.47. The van der Waals surface area contributed by atoms with E-state index in [1.54, 1.807) is 17.1 Å². The van der Waals surface area contributed by atoms with Crippen LogP contribution in [-0.4, -0.2) is 20.7 Å². The van der Waals surface area contributed by atoms with Gasteiger partial charge in [-0.2, -0.15) is 5.10 Å². The number of benzene rings is 1. The maximum Gasteiger partial charge on any atom is 0.248 e. The molecule has 1 aliphatic rings. The smallest absolute Gasteiger partial charge is 0.248 e. The quantitative estimate of drug-likeness (QED) is 0.690. The zero-order chi connectivity index (χ0) is 17.9. The van der Waals surface area contributed by atoms with Crippen LogP contribution in [0.25, 0.3) is 6.08 Å². The van der Waals surface area contributed by atoms with E-state index in [4.69, 9.17) is 4.42 Å². The minimum atomic E-state index is -0.188. The van der Waals surface area contributed by atoms with Gasteiger partial charge in [0.25, 0.3) is 0 Å². The molecule has 0 radical (unpaired) electrons. The van der Waals surface area contributed by atoms with Gasteiger partial charge in [0.2, 0.25) is 5.91 Å². The zero-order valence-corrected chi connectivity index (χ0v) is 14.5. The summed E-state index contributed by atoms with van der Waals surface area (Å²) in [6, 6.07) is 11.6. The second kappa shape index (κ2) is 7.00. The second-order valence-corrected chi connectivity index (χ2v) is 6.67. The molecule has 6 nitrogen and oxygen atoms in total. The van der Waals surface area contributed by atoms with Crippen LogP contribution in [0.5, 0.6) is 0 Å². The number of rotatable bonds is 6. The first kappa shape index (κ1) is 16.3. The standard InChI is InChI=1S/C20H20N4O2/c1-14-10-18(14)19-8-6-17(26-19)7-9-20(25)23-16-4-2-15(3-5-16)11-24-13-21-12-22-24/h2-9,12-14,18H,10-11H2,1H3,(H,23,25)/b9-7+. The van der Waals surface area contributed by atoms with Crippen LogP contribution in [0.1, 0.15) is 36.3 Å². The van der Waals surface area contributed by atoms with Crippen molar-refractivity contribution in [1.29, 1.82) is 0 Å². The highest BCUT2D eigenvalue weighted by molar-refractivity contribution is 6.01. The molecule has 2 aromatic heterocycles. The maximum atomic E-state index is 12.1. The third-order valence-corrected chi connectivity index (χ3v) is 4.55. The number of hydrogen-bond donors (Lipinski definition) is 1. The molecule has 4 rings (SSSR count). The summed E-state index contributed by atoms with van der Waals surface area (Å²) in [6.07, 6.45) is 7.55. The first-order chi connectivity index (χ1) is 12.7. The fraction of sp³-hybridized carbons (Fsp3) is 0.250. The summed E-state index contributed by atoms with van der Waals surface area (Å²) in [7, 11) is 0. The molecule has 1 saturated carbocycles. The first-order valence-corrected chi connectivity index (χ1v) is 8.67. The molecule has 2 heterocycles. The van der Waals surface area contributed by atoms with Gasteiger partial charge >= 0.3 is 0 Å². The van der Waals surface area contributed by atoms with E-state index in [0.717, 1.165) is 17.0 Å². The van der Waals surface area contributed by atoms with Gasteiger partial charge in [-0.25, -0.2) is 9.67 Å². The van der Waals surface area contributed by atoms with Crippen molar-refractivity contribution in [3.8, 4) is 0 Å². The summed E-state index contributed by atoms with van der Waals surface area (Å²) in [5, 5.41) is 6.92. The molecule has 1 aliphatic carbocycles. The first-order valence-electron chi connectivity index (χ1n) is 8.67. The van der Waals surface area contributed by atoms with Crippen molar-refractivity contribution in [2.24, 2.45) is 5.92 Å². The molecule has 3 aromatic rings. The predicted molar refractivity (Wildman–Crippen MR) is 98.5 cm³/mol. The van der Waals surface area contributed by atoms with Crippen LogP contribution in [0.15, 0.2) is 59.5 Å². The van der Waals surface area contributed by atoms with Crippen molar-refractivity contribution < 1.29 is 9.21 Å². The average Bonchev–Trinajstić information content (AvgIpc) is 3.06. The average molecular weight is 348 g/mol. The van der Waals surface area contributed by atoms with E-state index in [2.05, 4.69) is 22.3 Å². The van der Waals surface area contributed by atoms with Crippen molar-refractivity contribution in [3.63, 3.8) is 0 Å². The van der Waals surface area contributed by atoms with Crippen LogP contribution >= 0.6 is 0 Å². The van der Waals surface area contributed by atoms with Gasteiger partial charge in [-0.15, -0.1) is 0 Å². The SMILES string of the molecule is CC1CC1c1ccc(/C=C/C(=O)Nc2ccc(Cn3cncn3)cc2)o1. The lowest BCUT2D eigenvalue weighted by Crippen LogP contribution is -2.08. The Morgan fingerprint density at radius 2 is 2.12 bits per heavy atom. The number of carbonyl (C=O) groups is 1. The lowest BCUT2D eigenvalue weighted by Gasteiger charge is -2.04. The molecule has 1 N–H and O–H groups in total. The number of furan rings is 1. The molecule has 0 aliphatic heterocycles. The Balaban J connectivity index is 1.32. The zero-order valence-electron chi connectivity index (χ0n) is 14.5. The van der Waals surface area contributed by atoms with E-state index in [1.807, 2.05) is 36.4 Å². The molecule has 26 heavy (non-hydrogen) atoms. The number of hydrogen-bond acceptors (Lipinski definition) is 4. The number of carbonyl (C=O) groups excluding carboxylic acids is 1. The molecule has 0 bridgehead atoms. The summed E-state index contributed by atoms with van der Waals surface area (Å²) in [5.74, 6) is 2.78. The Morgan fingerprint density at radius 3 is 2.81 bits per heavy atom. The molecular weight excluding hydrogens is 328 g/mol. The fourth-order valence-electron chi connectivity index (χ4n) is 2.91. The highest BCUT2D eigenvalue weighted by atomic mass is 16.3. The topological polar surface area (TPSA) is 73.0 Å². The largest absolute Gasteiger partial charge is 0.461 e. The van der Waals surface area contributed by atoms with Crippen molar-refractivity contribution in [1.82, 2.24) is 14.8 Å². The van der Waals surface area contributed by atoms with E-state index >= 15 is 0 Å². The van der Waals surface area contributed by atoms with E-state index in [-0.39, 0.29) is 5.91 Å². The van der Waals surface area contributed by atoms with Gasteiger partial charge in [0.05, 0.1) is 6.54 Å². The summed E-state index contributed by atoms with van der Waals surface area (Å²) >= 11 is 0. The minimum Gasteiger partial charge on any atom is -0.461 e. The van der Waals surface area contributed by atoms with E-state index < -0.39 is 0 Å². The van der Waals surface area contributed by atoms with Gasteiger partial charge in [-0.05, 0) is 48.2 Å². The second-order valence-electron chi connectivity index (χ2n) is 6.67. The van der Waals surface area contributed by atoms with E-state index in [0.29, 0.717) is 24.1 Å². The molecule has 132 valence electrons. The molecule has 0 spiro atoms. The van der Waals surface area contributed by atoms with Gasteiger partial charge in [0.1, 0.15) is 24.2 Å². The Morgan fingerprint density at radius 1 is 1.31 bits per heavy atom. The van der Waals surface area contributed by atoms with Crippen molar-refractivity contribution in [2.75, 3.05) is 5.32 Å². The summed E-state index contributed by atoms with van der Waals surface area (Å²) in [4.78, 5) is 16.0. The third kappa shape index (κ3) is 3.91. The summed E-state index contributed by atoms with van der Waals surface area (Å²) in [5.41, 5.74) is 1.83. The van der Waals surface area contributed by atoms with Crippen molar-refractivity contribution in [3.05, 3.63) is 72.2 Å². The molecule has 1 aromatic carbocycles. The molecule has 1 fully saturated rings. The Hall–Kier alpha value is -3.15. The summed E-state index contributed by atoms with van der Waals surface area (Å²) < 4.78 is 7.51. The molecule has 2 atom stereocenters. The van der Waals surface area contributed by atoms with Crippen LogP contribution in [0, 0.1) is 5.92 Å². The van der Waals surface area contributed by atoms with Crippen LogP contribution in [0.4, 0.5) is 5.69 Å². The van der Waals surface area contributed by atoms with Crippen molar-refractivity contribution >= 4 is 17.7 Å². The lowest BCUT2D eigenvalue weighted by molar-refractivity contribution is -0.111. The lowest BCUT2D eigenvalue weighted by atomic mass is 10.2. The molecule has 0 saturated heterocycles. The van der Waals surface area contributed by atoms with E-state index in [1.165, 1.54) is 18.8 Å². The predicted octanol–water partition coefficient (Wildman–Crippen LogP) is 3.69. The monoisotopic (exact) mass is 348 g/mol. The number of aromatic nitrogens is 3. The number of nitrogens with one attached hydrogen (secondary N) is 1. The number of amides is 1. The molecule has 6 heteroatoms. The molecule has 1 amide bonds. The van der Waals surface area contributed by atoms with Crippen LogP contribution < -0.4 is 5.32 Å². The van der Waals surface area contributed by atoms with Gasteiger partial charge in [-0.3, -0.25) is 4.79 Å². The normalized spacial score (nSPS) is 19.0. The number of nitrogens with zero attached hydrogens (tertiary/aromatic N) is 3. The van der Waals surface area contributed by atoms with Gasteiger partial charge in [-0.1, -0.05) is 19.1 Å². The Kier molecular flexibility index (Phi) is 4.39. The Bertz CT molecular complexity index is 910. The van der Waals surface area contributed by atoms with E-state index in [9.17, 15) is 4.79 Å². The third-order valence-electron chi connectivity index (χ3n) is 4.55.